The Morgan fingerprint density at radius 2 is 2.06 bits per heavy atom. The van der Waals surface area contributed by atoms with Crippen molar-refractivity contribution in [3.05, 3.63) is 35.4 Å². The number of hydrogen-bond donors (Lipinski definition) is 2. The number of hydrogen-bond acceptors (Lipinski definition) is 2. The minimum Gasteiger partial charge on any atom is -0.388 e. The number of nitrogens with two attached hydrogens (primary N) is 1. The van der Waals surface area contributed by atoms with E-state index in [0.29, 0.717) is 6.54 Å². The second kappa shape index (κ2) is 5.41. The molecule has 1 aliphatic rings. The van der Waals surface area contributed by atoms with Gasteiger partial charge < -0.3 is 10.8 Å². The normalized spacial score (nSPS) is 29.4. The maximum absolute atomic E-state index is 10.7. The van der Waals surface area contributed by atoms with Crippen LogP contribution in [-0.2, 0) is 0 Å². The summed E-state index contributed by atoms with van der Waals surface area (Å²) in [6, 6.07) is 8.21. The monoisotopic (exact) mass is 247 g/mol. The van der Waals surface area contributed by atoms with Crippen LogP contribution < -0.4 is 5.73 Å². The highest BCUT2D eigenvalue weighted by Crippen LogP contribution is 2.50. The first-order valence-corrected chi connectivity index (χ1v) is 7.06. The second-order valence-corrected chi connectivity index (χ2v) is 5.90. The van der Waals surface area contributed by atoms with Crippen LogP contribution in [-0.4, -0.2) is 11.7 Å². The van der Waals surface area contributed by atoms with Crippen LogP contribution in [0.15, 0.2) is 24.3 Å². The van der Waals surface area contributed by atoms with E-state index in [1.165, 1.54) is 18.4 Å². The molecule has 0 spiro atoms. The maximum Gasteiger partial charge on any atom is 0.0858 e. The average Bonchev–Trinajstić information content (AvgIpc) is 2.84. The van der Waals surface area contributed by atoms with Gasteiger partial charge in [-0.1, -0.05) is 43.2 Å². The maximum atomic E-state index is 10.7. The lowest BCUT2D eigenvalue weighted by molar-refractivity contribution is 0.0301. The summed E-state index contributed by atoms with van der Waals surface area (Å²) < 4.78 is 0. The van der Waals surface area contributed by atoms with E-state index in [1.54, 1.807) is 0 Å². The third-order valence-corrected chi connectivity index (χ3v) is 4.70. The van der Waals surface area contributed by atoms with Gasteiger partial charge in [-0.3, -0.25) is 0 Å². The van der Waals surface area contributed by atoms with E-state index in [9.17, 15) is 5.11 Å². The molecule has 3 N–H and O–H groups in total. The Balaban J connectivity index is 2.20. The Morgan fingerprint density at radius 3 is 2.56 bits per heavy atom. The van der Waals surface area contributed by atoms with Crippen LogP contribution in [0.3, 0.4) is 0 Å². The number of aliphatic hydroxyl groups excluding tert-OH is 1. The molecule has 1 aromatic carbocycles. The second-order valence-electron chi connectivity index (χ2n) is 5.90. The fraction of sp³-hybridized carbons (Fsp3) is 0.625. The van der Waals surface area contributed by atoms with Gasteiger partial charge in [0, 0.05) is 12.0 Å². The minimum atomic E-state index is -0.417. The van der Waals surface area contributed by atoms with Gasteiger partial charge >= 0.3 is 0 Å². The van der Waals surface area contributed by atoms with E-state index in [0.717, 1.165) is 24.3 Å². The van der Waals surface area contributed by atoms with Crippen LogP contribution >= 0.6 is 0 Å². The quantitative estimate of drug-likeness (QED) is 0.858. The van der Waals surface area contributed by atoms with Gasteiger partial charge in [0.25, 0.3) is 0 Å². The van der Waals surface area contributed by atoms with Gasteiger partial charge in [0.05, 0.1) is 6.10 Å². The van der Waals surface area contributed by atoms with E-state index in [-0.39, 0.29) is 5.41 Å². The van der Waals surface area contributed by atoms with Crippen LogP contribution in [0.25, 0.3) is 0 Å². The van der Waals surface area contributed by atoms with E-state index in [4.69, 9.17) is 5.73 Å². The third kappa shape index (κ3) is 2.45. The standard InChI is InChI=1S/C16H25NO/c1-3-13-8-9-16(10-13,11-17)15(18)14-6-4-12(2)5-7-14/h4-7,13,15,18H,3,8-11,17H2,1-2H3. The zero-order valence-electron chi connectivity index (χ0n) is 11.5. The van der Waals surface area contributed by atoms with Crippen molar-refractivity contribution < 1.29 is 5.11 Å². The first kappa shape index (κ1) is 13.6. The zero-order valence-corrected chi connectivity index (χ0v) is 11.5. The number of benzene rings is 1. The molecule has 2 rings (SSSR count). The predicted molar refractivity (Wildman–Crippen MR) is 75.3 cm³/mol. The molecular formula is C16H25NO. The first-order valence-electron chi connectivity index (χ1n) is 7.06. The smallest absolute Gasteiger partial charge is 0.0858 e. The predicted octanol–water partition coefficient (Wildman–Crippen LogP) is 3.18. The average molecular weight is 247 g/mol. The SMILES string of the molecule is CCC1CCC(CN)(C(O)c2ccc(C)cc2)C1. The Morgan fingerprint density at radius 1 is 1.39 bits per heavy atom. The molecular weight excluding hydrogens is 222 g/mol. The van der Waals surface area contributed by atoms with Crippen molar-refractivity contribution in [3.63, 3.8) is 0 Å². The van der Waals surface area contributed by atoms with E-state index < -0.39 is 6.10 Å². The van der Waals surface area contributed by atoms with Crippen molar-refractivity contribution in [1.29, 1.82) is 0 Å². The van der Waals surface area contributed by atoms with Crippen molar-refractivity contribution in [2.45, 2.75) is 45.6 Å². The topological polar surface area (TPSA) is 46.2 Å². The van der Waals surface area contributed by atoms with Crippen LogP contribution in [0.4, 0.5) is 0 Å². The summed E-state index contributed by atoms with van der Waals surface area (Å²) in [5.41, 5.74) is 8.14. The molecule has 0 amide bonds. The first-order chi connectivity index (χ1) is 8.61. The molecule has 0 bridgehead atoms. The van der Waals surface area contributed by atoms with E-state index in [2.05, 4.69) is 26.0 Å². The molecule has 1 aromatic rings. The number of aryl methyl sites for hydroxylation is 1. The lowest BCUT2D eigenvalue weighted by Crippen LogP contribution is -2.34. The Hall–Kier alpha value is -0.860. The molecule has 0 saturated heterocycles. The zero-order chi connectivity index (χ0) is 13.2. The minimum absolute atomic E-state index is 0.101. The third-order valence-electron chi connectivity index (χ3n) is 4.70. The summed E-state index contributed by atoms with van der Waals surface area (Å²) in [7, 11) is 0. The fourth-order valence-electron chi connectivity index (χ4n) is 3.27. The van der Waals surface area contributed by atoms with E-state index in [1.807, 2.05) is 12.1 Å². The van der Waals surface area contributed by atoms with Gasteiger partial charge in [-0.05, 0) is 37.7 Å². The van der Waals surface area contributed by atoms with Crippen LogP contribution in [0, 0.1) is 18.3 Å². The summed E-state index contributed by atoms with van der Waals surface area (Å²) in [6.45, 7) is 4.88. The van der Waals surface area contributed by atoms with Gasteiger partial charge in [0.2, 0.25) is 0 Å². The molecule has 0 aromatic heterocycles. The van der Waals surface area contributed by atoms with Gasteiger partial charge in [0.1, 0.15) is 0 Å². The molecule has 0 radical (unpaired) electrons. The summed E-state index contributed by atoms with van der Waals surface area (Å²) in [5, 5.41) is 10.7. The molecule has 2 heteroatoms. The van der Waals surface area contributed by atoms with Gasteiger partial charge in [-0.15, -0.1) is 0 Å². The van der Waals surface area contributed by atoms with Crippen molar-refractivity contribution in [2.24, 2.45) is 17.1 Å². The summed E-state index contributed by atoms with van der Waals surface area (Å²) in [4.78, 5) is 0. The van der Waals surface area contributed by atoms with Crippen molar-refractivity contribution >= 4 is 0 Å². The molecule has 0 heterocycles. The summed E-state index contributed by atoms with van der Waals surface area (Å²) in [5.74, 6) is 0.730. The molecule has 3 unspecified atom stereocenters. The Kier molecular flexibility index (Phi) is 4.08. The molecule has 1 aliphatic carbocycles. The largest absolute Gasteiger partial charge is 0.388 e. The Labute approximate surface area is 110 Å². The number of aliphatic hydroxyl groups is 1. The molecule has 18 heavy (non-hydrogen) atoms. The van der Waals surface area contributed by atoms with Crippen LogP contribution in [0.5, 0.6) is 0 Å². The molecule has 1 fully saturated rings. The van der Waals surface area contributed by atoms with Gasteiger partial charge in [-0.25, -0.2) is 0 Å². The molecule has 0 aliphatic heterocycles. The summed E-state index contributed by atoms with van der Waals surface area (Å²) >= 11 is 0. The lowest BCUT2D eigenvalue weighted by Gasteiger charge is -2.33. The molecule has 1 saturated carbocycles. The van der Waals surface area contributed by atoms with Gasteiger partial charge in [-0.2, -0.15) is 0 Å². The number of rotatable bonds is 4. The highest BCUT2D eigenvalue weighted by molar-refractivity contribution is 5.25. The highest BCUT2D eigenvalue weighted by atomic mass is 16.3. The Bertz CT molecular complexity index is 387. The van der Waals surface area contributed by atoms with Crippen LogP contribution in [0.1, 0.15) is 49.8 Å². The van der Waals surface area contributed by atoms with Crippen molar-refractivity contribution in [3.8, 4) is 0 Å². The molecule has 3 atom stereocenters. The van der Waals surface area contributed by atoms with Crippen LogP contribution in [0.2, 0.25) is 0 Å². The molecule has 2 nitrogen and oxygen atoms in total. The summed E-state index contributed by atoms with van der Waals surface area (Å²) in [6.07, 6.45) is 4.10. The van der Waals surface area contributed by atoms with Crippen molar-refractivity contribution in [1.82, 2.24) is 0 Å². The molecule has 100 valence electrons. The highest BCUT2D eigenvalue weighted by Gasteiger charge is 2.43. The van der Waals surface area contributed by atoms with E-state index >= 15 is 0 Å². The van der Waals surface area contributed by atoms with Gasteiger partial charge in [0.15, 0.2) is 0 Å². The lowest BCUT2D eigenvalue weighted by atomic mass is 9.76. The fourth-order valence-corrected chi connectivity index (χ4v) is 3.27. The van der Waals surface area contributed by atoms with Crippen molar-refractivity contribution in [2.75, 3.05) is 6.54 Å².